The first kappa shape index (κ1) is 20.0. The van der Waals surface area contributed by atoms with Gasteiger partial charge in [-0.2, -0.15) is 0 Å². The zero-order chi connectivity index (χ0) is 19.1. The number of carbonyl (C=O) groups is 2. The highest BCUT2D eigenvalue weighted by Crippen LogP contribution is 2.20. The van der Waals surface area contributed by atoms with Gasteiger partial charge < -0.3 is 14.7 Å². The lowest BCUT2D eigenvalue weighted by atomic mass is 10.2. The molecule has 0 atom stereocenters. The van der Waals surface area contributed by atoms with Crippen LogP contribution in [0.2, 0.25) is 0 Å². The highest BCUT2D eigenvalue weighted by atomic mass is 32.2. The zero-order valence-corrected chi connectivity index (χ0v) is 16.5. The topological polar surface area (TPSA) is 75.4 Å². The molecular weight excluding hydrogens is 350 g/mol. The Bertz CT molecular complexity index is 732. The van der Waals surface area contributed by atoms with Crippen molar-refractivity contribution in [2.45, 2.75) is 33.4 Å². The van der Waals surface area contributed by atoms with Gasteiger partial charge in [-0.3, -0.25) is 9.59 Å². The van der Waals surface area contributed by atoms with E-state index in [0.717, 1.165) is 17.0 Å². The van der Waals surface area contributed by atoms with E-state index in [9.17, 15) is 9.59 Å². The molecule has 6 nitrogen and oxygen atoms in total. The molecule has 140 valence electrons. The van der Waals surface area contributed by atoms with E-state index in [2.05, 4.69) is 10.5 Å². The molecule has 1 aromatic carbocycles. The van der Waals surface area contributed by atoms with E-state index >= 15 is 0 Å². The molecule has 1 heterocycles. The number of anilines is 1. The van der Waals surface area contributed by atoms with Crippen molar-refractivity contribution in [2.75, 3.05) is 24.2 Å². The van der Waals surface area contributed by atoms with Gasteiger partial charge in [-0.15, -0.1) is 11.8 Å². The maximum absolute atomic E-state index is 12.3. The molecule has 0 saturated heterocycles. The number of nitrogens with one attached hydrogen (secondary N) is 1. The fourth-order valence-corrected chi connectivity index (χ4v) is 3.52. The van der Waals surface area contributed by atoms with Crippen molar-refractivity contribution >= 4 is 29.3 Å². The number of benzene rings is 1. The number of carbonyl (C=O) groups excluding carboxylic acids is 2. The molecule has 0 aliphatic carbocycles. The third-order valence-corrected chi connectivity index (χ3v) is 5.09. The molecule has 0 radical (unpaired) electrons. The highest BCUT2D eigenvalue weighted by molar-refractivity contribution is 7.99. The number of hydrogen-bond acceptors (Lipinski definition) is 5. The lowest BCUT2D eigenvalue weighted by Gasteiger charge is -2.18. The lowest BCUT2D eigenvalue weighted by Crippen LogP contribution is -2.30. The molecule has 2 amide bonds. The van der Waals surface area contributed by atoms with Gasteiger partial charge in [0.15, 0.2) is 0 Å². The summed E-state index contributed by atoms with van der Waals surface area (Å²) < 4.78 is 5.12. The number of aromatic nitrogens is 1. The maximum atomic E-state index is 12.3. The SMILES string of the molecule is CCN(CC)C(=O)c1ccc(NC(=O)CSCc2c(C)noc2C)cc1. The normalized spacial score (nSPS) is 10.6. The second kappa shape index (κ2) is 9.43. The summed E-state index contributed by atoms with van der Waals surface area (Å²) in [5.41, 5.74) is 3.22. The first-order valence-electron chi connectivity index (χ1n) is 8.64. The molecule has 26 heavy (non-hydrogen) atoms. The van der Waals surface area contributed by atoms with Crippen LogP contribution in [0.5, 0.6) is 0 Å². The quantitative estimate of drug-likeness (QED) is 0.762. The van der Waals surface area contributed by atoms with Crippen molar-refractivity contribution in [3.8, 4) is 0 Å². The first-order chi connectivity index (χ1) is 12.5. The fraction of sp³-hybridized carbons (Fsp3) is 0.421. The fourth-order valence-electron chi connectivity index (χ4n) is 2.54. The number of hydrogen-bond donors (Lipinski definition) is 1. The third-order valence-electron chi connectivity index (χ3n) is 4.13. The zero-order valence-electron chi connectivity index (χ0n) is 15.7. The van der Waals surface area contributed by atoms with Crippen molar-refractivity contribution in [1.29, 1.82) is 0 Å². The van der Waals surface area contributed by atoms with Crippen LogP contribution in [-0.4, -0.2) is 40.7 Å². The summed E-state index contributed by atoms with van der Waals surface area (Å²) in [5.74, 6) is 1.74. The van der Waals surface area contributed by atoms with Crippen LogP contribution < -0.4 is 5.32 Å². The minimum Gasteiger partial charge on any atom is -0.361 e. The van der Waals surface area contributed by atoms with E-state index in [1.807, 2.05) is 27.7 Å². The molecule has 2 rings (SSSR count). The van der Waals surface area contributed by atoms with Crippen LogP contribution in [0.3, 0.4) is 0 Å². The molecule has 0 saturated carbocycles. The van der Waals surface area contributed by atoms with Crippen molar-refractivity contribution in [3.05, 3.63) is 46.8 Å². The number of thioether (sulfide) groups is 1. The van der Waals surface area contributed by atoms with Crippen LogP contribution in [-0.2, 0) is 10.5 Å². The van der Waals surface area contributed by atoms with Gasteiger partial charge in [0.2, 0.25) is 5.91 Å². The molecule has 0 bridgehead atoms. The van der Waals surface area contributed by atoms with E-state index < -0.39 is 0 Å². The van der Waals surface area contributed by atoms with E-state index in [1.54, 1.807) is 29.2 Å². The lowest BCUT2D eigenvalue weighted by molar-refractivity contribution is -0.113. The van der Waals surface area contributed by atoms with E-state index in [0.29, 0.717) is 35.8 Å². The average Bonchev–Trinajstić information content (AvgIpc) is 2.95. The van der Waals surface area contributed by atoms with Crippen LogP contribution in [0.1, 0.15) is 41.2 Å². The van der Waals surface area contributed by atoms with Gasteiger partial charge in [0.1, 0.15) is 5.76 Å². The van der Waals surface area contributed by atoms with Gasteiger partial charge in [-0.25, -0.2) is 0 Å². The summed E-state index contributed by atoms with van der Waals surface area (Å²) in [4.78, 5) is 26.1. The minimum atomic E-state index is -0.0791. The summed E-state index contributed by atoms with van der Waals surface area (Å²) in [6.07, 6.45) is 0. The van der Waals surface area contributed by atoms with Crippen LogP contribution in [0, 0.1) is 13.8 Å². The predicted molar refractivity (Wildman–Crippen MR) is 104 cm³/mol. The van der Waals surface area contributed by atoms with Gasteiger partial charge in [-0.1, -0.05) is 5.16 Å². The highest BCUT2D eigenvalue weighted by Gasteiger charge is 2.13. The number of nitrogens with zero attached hydrogens (tertiary/aromatic N) is 2. The Labute approximate surface area is 158 Å². The summed E-state index contributed by atoms with van der Waals surface area (Å²) >= 11 is 1.51. The summed E-state index contributed by atoms with van der Waals surface area (Å²) in [6.45, 7) is 9.03. The smallest absolute Gasteiger partial charge is 0.253 e. The van der Waals surface area contributed by atoms with Crippen LogP contribution in [0.4, 0.5) is 5.69 Å². The Morgan fingerprint density at radius 3 is 2.35 bits per heavy atom. The van der Waals surface area contributed by atoms with E-state index in [-0.39, 0.29) is 11.8 Å². The molecule has 0 aliphatic rings. The van der Waals surface area contributed by atoms with Crippen molar-refractivity contribution in [1.82, 2.24) is 10.1 Å². The maximum Gasteiger partial charge on any atom is 0.253 e. The van der Waals surface area contributed by atoms with Gasteiger partial charge in [-0.05, 0) is 52.0 Å². The number of rotatable bonds is 8. The largest absolute Gasteiger partial charge is 0.361 e. The Morgan fingerprint density at radius 1 is 1.15 bits per heavy atom. The van der Waals surface area contributed by atoms with E-state index in [4.69, 9.17) is 4.52 Å². The van der Waals surface area contributed by atoms with Gasteiger partial charge >= 0.3 is 0 Å². The summed E-state index contributed by atoms with van der Waals surface area (Å²) in [6, 6.07) is 7.00. The van der Waals surface area contributed by atoms with Crippen molar-refractivity contribution < 1.29 is 14.1 Å². The molecule has 0 aliphatic heterocycles. The van der Waals surface area contributed by atoms with Crippen LogP contribution in [0.25, 0.3) is 0 Å². The van der Waals surface area contributed by atoms with Gasteiger partial charge in [0.25, 0.3) is 5.91 Å². The number of aryl methyl sites for hydroxylation is 2. The van der Waals surface area contributed by atoms with Gasteiger partial charge in [0, 0.05) is 35.7 Å². The van der Waals surface area contributed by atoms with Gasteiger partial charge in [0.05, 0.1) is 11.4 Å². The Balaban J connectivity index is 1.84. The third kappa shape index (κ3) is 5.11. The first-order valence-corrected chi connectivity index (χ1v) is 9.80. The van der Waals surface area contributed by atoms with E-state index in [1.165, 1.54) is 11.8 Å². The molecular formula is C19H25N3O3S. The monoisotopic (exact) mass is 375 g/mol. The standard InChI is InChI=1S/C19H25N3O3S/c1-5-22(6-2)19(24)15-7-9-16(10-8-15)20-18(23)12-26-11-17-13(3)21-25-14(17)4/h7-10H,5-6,11-12H2,1-4H3,(H,20,23). The number of amides is 2. The summed E-state index contributed by atoms with van der Waals surface area (Å²) in [5, 5.41) is 6.76. The molecule has 0 spiro atoms. The van der Waals surface area contributed by atoms with Crippen molar-refractivity contribution in [2.24, 2.45) is 0 Å². The Morgan fingerprint density at radius 2 is 1.81 bits per heavy atom. The Kier molecular flexibility index (Phi) is 7.26. The predicted octanol–water partition coefficient (Wildman–Crippen LogP) is 3.65. The summed E-state index contributed by atoms with van der Waals surface area (Å²) in [7, 11) is 0. The van der Waals surface area contributed by atoms with Crippen molar-refractivity contribution in [3.63, 3.8) is 0 Å². The van der Waals surface area contributed by atoms with Crippen LogP contribution in [0.15, 0.2) is 28.8 Å². The molecule has 7 heteroatoms. The molecule has 2 aromatic rings. The second-order valence-electron chi connectivity index (χ2n) is 5.90. The average molecular weight is 375 g/mol. The molecule has 1 N–H and O–H groups in total. The second-order valence-corrected chi connectivity index (χ2v) is 6.88. The molecule has 0 unspecified atom stereocenters. The molecule has 0 fully saturated rings. The van der Waals surface area contributed by atoms with Crippen LogP contribution >= 0.6 is 11.8 Å². The Hall–Kier alpha value is -2.28. The molecule has 1 aromatic heterocycles. The minimum absolute atomic E-state index is 0.00268.